The van der Waals surface area contributed by atoms with E-state index < -0.39 is 10.0 Å². The predicted octanol–water partition coefficient (Wildman–Crippen LogP) is 1.88. The maximum absolute atomic E-state index is 11.3. The van der Waals surface area contributed by atoms with Gasteiger partial charge in [-0.3, -0.25) is 0 Å². The van der Waals surface area contributed by atoms with Crippen LogP contribution in [0.15, 0.2) is 0 Å². The third kappa shape index (κ3) is 3.44. The lowest BCUT2D eigenvalue weighted by Crippen LogP contribution is -2.38. The summed E-state index contributed by atoms with van der Waals surface area (Å²) < 4.78 is 24.0. The number of hydrogen-bond donors (Lipinski definition) is 0. The van der Waals surface area contributed by atoms with Gasteiger partial charge in [-0.25, -0.2) is 12.7 Å². The van der Waals surface area contributed by atoms with E-state index in [2.05, 4.69) is 6.92 Å². The van der Waals surface area contributed by atoms with Gasteiger partial charge in [-0.1, -0.05) is 14.4 Å². The Kier molecular flexibility index (Phi) is 5.25. The van der Waals surface area contributed by atoms with Crippen molar-refractivity contribution in [2.45, 2.75) is 27.2 Å². The first-order valence-electron chi connectivity index (χ1n) is 4.10. The summed E-state index contributed by atoms with van der Waals surface area (Å²) in [5.74, 6) is 0.645. The molecule has 80 valence electrons. The monoisotopic (exact) mass is 227 g/mol. The summed E-state index contributed by atoms with van der Waals surface area (Å²) in [5.41, 5.74) is 0. The van der Waals surface area contributed by atoms with Crippen LogP contribution >= 0.6 is 11.6 Å². The van der Waals surface area contributed by atoms with Crippen molar-refractivity contribution in [3.8, 4) is 0 Å². The van der Waals surface area contributed by atoms with E-state index in [0.29, 0.717) is 19.0 Å². The molecule has 0 unspecified atom stereocenters. The van der Waals surface area contributed by atoms with Crippen LogP contribution in [0, 0.1) is 5.92 Å². The van der Waals surface area contributed by atoms with Crippen LogP contribution in [0.25, 0.3) is 0 Å². The molecule has 0 atom stereocenters. The van der Waals surface area contributed by atoms with E-state index in [9.17, 15) is 8.42 Å². The molecule has 0 spiro atoms. The van der Waals surface area contributed by atoms with E-state index in [0.717, 1.165) is 12.8 Å². The molecule has 0 aromatic rings. The van der Waals surface area contributed by atoms with Gasteiger partial charge in [0.2, 0.25) is 10.0 Å². The smallest absolute Gasteiger partial charge is 0.211 e. The molecule has 1 aliphatic heterocycles. The molecule has 0 N–H and O–H groups in total. The van der Waals surface area contributed by atoms with Gasteiger partial charge in [0, 0.05) is 13.1 Å². The highest BCUT2D eigenvalue weighted by atomic mass is 35.5. The molecule has 0 aromatic heterocycles. The quantitative estimate of drug-likeness (QED) is 0.676. The van der Waals surface area contributed by atoms with E-state index in [1.807, 2.05) is 0 Å². The molecule has 0 saturated carbocycles. The molecule has 1 heterocycles. The molecule has 0 bridgehead atoms. The minimum atomic E-state index is -3.15. The molecule has 3 nitrogen and oxygen atoms in total. The lowest BCUT2D eigenvalue weighted by atomic mass is 10.0. The zero-order chi connectivity index (χ0) is 9.19. The van der Waals surface area contributed by atoms with Crippen LogP contribution in [0.3, 0.4) is 0 Å². The third-order valence-electron chi connectivity index (χ3n) is 2.27. The number of rotatable bonds is 2. The summed E-state index contributed by atoms with van der Waals surface area (Å²) in [6, 6.07) is 0. The maximum Gasteiger partial charge on any atom is 0.228 e. The average molecular weight is 228 g/mol. The number of hydrogen-bond acceptors (Lipinski definition) is 2. The second kappa shape index (κ2) is 5.17. The minimum absolute atomic E-state index is 0. The van der Waals surface area contributed by atoms with Crippen molar-refractivity contribution in [3.63, 3.8) is 0 Å². The predicted molar refractivity (Wildman–Crippen MR) is 56.3 cm³/mol. The Morgan fingerprint density at radius 1 is 1.38 bits per heavy atom. The fourth-order valence-electron chi connectivity index (χ4n) is 1.33. The van der Waals surface area contributed by atoms with Crippen molar-refractivity contribution in [3.05, 3.63) is 0 Å². The van der Waals surface area contributed by atoms with Crippen LogP contribution in [-0.4, -0.2) is 31.0 Å². The number of nitrogens with zero attached hydrogens (tertiary/aromatic N) is 1. The van der Waals surface area contributed by atoms with Gasteiger partial charge >= 0.3 is 0 Å². The van der Waals surface area contributed by atoms with Crippen molar-refractivity contribution in [1.82, 2.24) is 4.31 Å². The lowest BCUT2D eigenvalue weighted by molar-refractivity contribution is 0.289. The minimum Gasteiger partial charge on any atom is -0.211 e. The van der Waals surface area contributed by atoms with Gasteiger partial charge in [-0.05, 0) is 18.8 Å². The maximum atomic E-state index is 11.3. The van der Waals surface area contributed by atoms with E-state index in [1.165, 1.54) is 4.31 Å². The van der Waals surface area contributed by atoms with E-state index in [4.69, 9.17) is 11.6 Å². The second-order valence-electron chi connectivity index (χ2n) is 3.30. The Morgan fingerprint density at radius 2 is 1.85 bits per heavy atom. The molecule has 5 heteroatoms. The molecular formula is C8H18ClNO2S. The van der Waals surface area contributed by atoms with Crippen molar-refractivity contribution in [1.29, 1.82) is 0 Å². The number of sulfonamides is 1. The molecule has 1 aliphatic rings. The Hall–Kier alpha value is 0.200. The Balaban J connectivity index is 0.00000144. The topological polar surface area (TPSA) is 37.4 Å². The first-order valence-corrected chi connectivity index (χ1v) is 6.24. The molecule has 0 aromatic carbocycles. The molecule has 1 fully saturated rings. The number of halogens is 1. The van der Waals surface area contributed by atoms with Gasteiger partial charge in [0.25, 0.3) is 0 Å². The number of piperidine rings is 1. The lowest BCUT2D eigenvalue weighted by Gasteiger charge is -2.28. The van der Waals surface area contributed by atoms with Gasteiger partial charge in [0.1, 0.15) is 5.21 Å². The molecular weight excluding hydrogens is 210 g/mol. The van der Waals surface area contributed by atoms with Gasteiger partial charge < -0.3 is 0 Å². The number of alkyl halides is 1. The zero-order valence-electron chi connectivity index (χ0n) is 7.16. The van der Waals surface area contributed by atoms with Crippen molar-refractivity contribution in [2.75, 3.05) is 18.3 Å². The molecule has 13 heavy (non-hydrogen) atoms. The summed E-state index contributed by atoms with van der Waals surface area (Å²) in [6.07, 6.45) is 1.91. The van der Waals surface area contributed by atoms with Crippen LogP contribution in [0.4, 0.5) is 0 Å². The van der Waals surface area contributed by atoms with Crippen LogP contribution in [0.5, 0.6) is 0 Å². The van der Waals surface area contributed by atoms with Gasteiger partial charge in [-0.2, -0.15) is 0 Å². The Bertz CT molecular complexity index is 233. The Labute approximate surface area is 86.1 Å². The van der Waals surface area contributed by atoms with E-state index in [1.54, 1.807) is 0 Å². The molecule has 0 aliphatic carbocycles. The van der Waals surface area contributed by atoms with Crippen molar-refractivity contribution >= 4 is 21.6 Å². The Morgan fingerprint density at radius 3 is 2.23 bits per heavy atom. The summed E-state index contributed by atoms with van der Waals surface area (Å²) >= 11 is 5.33. The first kappa shape index (κ1) is 13.2. The highest BCUT2D eigenvalue weighted by Gasteiger charge is 2.25. The molecule has 0 amide bonds. The van der Waals surface area contributed by atoms with Crippen LogP contribution in [-0.2, 0) is 10.0 Å². The van der Waals surface area contributed by atoms with Gasteiger partial charge in [0.05, 0.1) is 0 Å². The summed E-state index contributed by atoms with van der Waals surface area (Å²) in [7, 11) is -3.15. The van der Waals surface area contributed by atoms with E-state index >= 15 is 0 Å². The van der Waals surface area contributed by atoms with Crippen LogP contribution in [0.1, 0.15) is 27.2 Å². The average Bonchev–Trinajstić information content (AvgIpc) is 2.05. The highest BCUT2D eigenvalue weighted by molar-refractivity contribution is 7.90. The molecule has 1 rings (SSSR count). The van der Waals surface area contributed by atoms with Crippen LogP contribution in [0.2, 0.25) is 0 Å². The fourth-order valence-corrected chi connectivity index (χ4v) is 2.65. The largest absolute Gasteiger partial charge is 0.228 e. The second-order valence-corrected chi connectivity index (χ2v) is 5.86. The van der Waals surface area contributed by atoms with Gasteiger partial charge in [0.15, 0.2) is 0 Å². The SMILES string of the molecule is C.CC1CCN(S(=O)(=O)CCl)CC1. The third-order valence-corrected chi connectivity index (χ3v) is 4.53. The summed E-state index contributed by atoms with van der Waals surface area (Å²) in [6.45, 7) is 3.41. The normalized spacial score (nSPS) is 21.1. The highest BCUT2D eigenvalue weighted by Crippen LogP contribution is 2.19. The molecule has 1 saturated heterocycles. The zero-order valence-corrected chi connectivity index (χ0v) is 8.74. The van der Waals surface area contributed by atoms with Crippen molar-refractivity contribution < 1.29 is 8.42 Å². The van der Waals surface area contributed by atoms with E-state index in [-0.39, 0.29) is 12.6 Å². The van der Waals surface area contributed by atoms with Crippen molar-refractivity contribution in [2.24, 2.45) is 5.92 Å². The fraction of sp³-hybridized carbons (Fsp3) is 1.00. The van der Waals surface area contributed by atoms with Gasteiger partial charge in [-0.15, -0.1) is 11.6 Å². The first-order chi connectivity index (χ1) is 5.56. The summed E-state index contributed by atoms with van der Waals surface area (Å²) in [5, 5.41) is -0.290. The molecule has 0 radical (unpaired) electrons. The van der Waals surface area contributed by atoms with Crippen LogP contribution < -0.4 is 0 Å². The summed E-state index contributed by atoms with van der Waals surface area (Å²) in [4.78, 5) is 0. The standard InChI is InChI=1S/C7H14ClNO2S.CH4/c1-7-2-4-9(5-3-7)12(10,11)6-8;/h7H,2-6H2,1H3;1H4.